The number of anilines is 3. The first kappa shape index (κ1) is 17.3. The zero-order chi connectivity index (χ0) is 17.2. The Morgan fingerprint density at radius 2 is 1.92 bits per heavy atom. The topological polar surface area (TPSA) is 92.4 Å². The van der Waals surface area contributed by atoms with Gasteiger partial charge >= 0.3 is 0 Å². The van der Waals surface area contributed by atoms with Gasteiger partial charge in [0.1, 0.15) is 5.82 Å². The Morgan fingerprint density at radius 1 is 1.17 bits per heavy atom. The standard InChI is InChI=1S/C18H30N4O2/c1-18(2,23)12-3-5-13(6-4-12)22-17-9-16(15(19)10-20-17)21-14-7-8-24-11-14/h9-10,12-14,23H,3-8,11,19H2,1-2H3,(H2,20,21,22)/t12?,13?,14-/m0/s1. The first-order valence-electron chi connectivity index (χ1n) is 9.00. The molecule has 0 radical (unpaired) electrons. The lowest BCUT2D eigenvalue weighted by atomic mass is 9.77. The van der Waals surface area contributed by atoms with Gasteiger partial charge in [0.25, 0.3) is 0 Å². The van der Waals surface area contributed by atoms with E-state index < -0.39 is 5.60 Å². The molecule has 6 nitrogen and oxygen atoms in total. The maximum Gasteiger partial charge on any atom is 0.128 e. The van der Waals surface area contributed by atoms with Crippen LogP contribution in [0, 0.1) is 5.92 Å². The van der Waals surface area contributed by atoms with Crippen LogP contribution in [0.4, 0.5) is 17.2 Å². The summed E-state index contributed by atoms with van der Waals surface area (Å²) in [6.07, 6.45) is 6.91. The highest BCUT2D eigenvalue weighted by molar-refractivity contribution is 5.69. The molecule has 0 spiro atoms. The van der Waals surface area contributed by atoms with Crippen molar-refractivity contribution in [2.45, 2.75) is 63.6 Å². The molecule has 2 heterocycles. The summed E-state index contributed by atoms with van der Waals surface area (Å²) in [6, 6.07) is 2.72. The fourth-order valence-electron chi connectivity index (χ4n) is 3.69. The van der Waals surface area contributed by atoms with Crippen LogP contribution in [0.5, 0.6) is 0 Å². The van der Waals surface area contributed by atoms with Crippen molar-refractivity contribution in [2.75, 3.05) is 29.6 Å². The maximum absolute atomic E-state index is 10.2. The smallest absolute Gasteiger partial charge is 0.128 e. The number of rotatable bonds is 5. The van der Waals surface area contributed by atoms with Crippen LogP contribution in [0.3, 0.4) is 0 Å². The molecule has 0 amide bonds. The third kappa shape index (κ3) is 4.30. The van der Waals surface area contributed by atoms with E-state index in [0.717, 1.165) is 56.8 Å². The number of aliphatic hydroxyl groups is 1. The summed E-state index contributed by atoms with van der Waals surface area (Å²) in [4.78, 5) is 4.42. The van der Waals surface area contributed by atoms with Crippen molar-refractivity contribution in [2.24, 2.45) is 5.92 Å². The van der Waals surface area contributed by atoms with E-state index in [-0.39, 0.29) is 0 Å². The Kier molecular flexibility index (Phi) is 5.15. The van der Waals surface area contributed by atoms with Gasteiger partial charge in [0.2, 0.25) is 0 Å². The van der Waals surface area contributed by atoms with Crippen LogP contribution in [0.15, 0.2) is 12.3 Å². The molecule has 6 heteroatoms. The number of nitrogen functional groups attached to an aromatic ring is 1. The van der Waals surface area contributed by atoms with Crippen LogP contribution in [-0.2, 0) is 4.74 Å². The summed E-state index contributed by atoms with van der Waals surface area (Å²) in [6.45, 7) is 5.36. The third-order valence-electron chi connectivity index (χ3n) is 5.30. The van der Waals surface area contributed by atoms with Gasteiger partial charge in [0.05, 0.1) is 35.8 Å². The number of nitrogens with two attached hydrogens (primary N) is 1. The van der Waals surface area contributed by atoms with Gasteiger partial charge in [-0.05, 0) is 51.9 Å². The van der Waals surface area contributed by atoms with Gasteiger partial charge in [0.15, 0.2) is 0 Å². The predicted molar refractivity (Wildman–Crippen MR) is 97.2 cm³/mol. The maximum atomic E-state index is 10.2. The lowest BCUT2D eigenvalue weighted by Gasteiger charge is -2.36. The SMILES string of the molecule is CC(C)(O)C1CCC(Nc2cc(N[C@H]3CCOC3)c(N)cn2)CC1. The minimum Gasteiger partial charge on any atom is -0.396 e. The summed E-state index contributed by atoms with van der Waals surface area (Å²) in [7, 11) is 0. The Labute approximate surface area is 144 Å². The molecule has 1 aromatic rings. The van der Waals surface area contributed by atoms with Crippen LogP contribution in [0.25, 0.3) is 0 Å². The fourth-order valence-corrected chi connectivity index (χ4v) is 3.69. The molecule has 2 aliphatic rings. The fraction of sp³-hybridized carbons (Fsp3) is 0.722. The van der Waals surface area contributed by atoms with Gasteiger partial charge in [-0.15, -0.1) is 0 Å². The number of pyridine rings is 1. The molecule has 0 unspecified atom stereocenters. The number of nitrogens with one attached hydrogen (secondary N) is 2. The molecular formula is C18H30N4O2. The van der Waals surface area contributed by atoms with Crippen LogP contribution in [0.1, 0.15) is 46.0 Å². The van der Waals surface area contributed by atoms with Gasteiger partial charge in [-0.3, -0.25) is 0 Å². The predicted octanol–water partition coefficient (Wildman–Crippen LogP) is 2.61. The Balaban J connectivity index is 1.57. The normalized spacial score (nSPS) is 27.9. The van der Waals surface area contributed by atoms with E-state index in [1.807, 2.05) is 19.9 Å². The summed E-state index contributed by atoms with van der Waals surface area (Å²) in [5, 5.41) is 17.1. The van der Waals surface area contributed by atoms with Crippen molar-refractivity contribution < 1.29 is 9.84 Å². The second-order valence-electron chi connectivity index (χ2n) is 7.71. The monoisotopic (exact) mass is 334 g/mol. The molecule has 3 rings (SSSR count). The molecule has 1 saturated heterocycles. The van der Waals surface area contributed by atoms with Crippen molar-refractivity contribution in [1.29, 1.82) is 0 Å². The Bertz CT molecular complexity index is 544. The van der Waals surface area contributed by atoms with Gasteiger partial charge in [0, 0.05) is 18.7 Å². The van der Waals surface area contributed by atoms with Gasteiger partial charge in [-0.2, -0.15) is 0 Å². The molecule has 24 heavy (non-hydrogen) atoms. The largest absolute Gasteiger partial charge is 0.396 e. The Hall–Kier alpha value is -1.53. The summed E-state index contributed by atoms with van der Waals surface area (Å²) in [5.74, 6) is 1.24. The van der Waals surface area contributed by atoms with E-state index in [0.29, 0.717) is 23.7 Å². The molecule has 0 bridgehead atoms. The first-order valence-corrected chi connectivity index (χ1v) is 9.00. The molecule has 1 aliphatic carbocycles. The second kappa shape index (κ2) is 7.15. The zero-order valence-electron chi connectivity index (χ0n) is 14.7. The van der Waals surface area contributed by atoms with Crippen LogP contribution >= 0.6 is 0 Å². The van der Waals surface area contributed by atoms with E-state index >= 15 is 0 Å². The summed E-state index contributed by atoms with van der Waals surface area (Å²) in [5.41, 5.74) is 7.06. The van der Waals surface area contributed by atoms with Crippen molar-refractivity contribution in [3.05, 3.63) is 12.3 Å². The molecule has 1 atom stereocenters. The van der Waals surface area contributed by atoms with Gasteiger partial charge in [-0.25, -0.2) is 4.98 Å². The average molecular weight is 334 g/mol. The lowest BCUT2D eigenvalue weighted by molar-refractivity contribution is -0.000401. The molecule has 134 valence electrons. The summed E-state index contributed by atoms with van der Waals surface area (Å²) >= 11 is 0. The first-order chi connectivity index (χ1) is 11.4. The van der Waals surface area contributed by atoms with Crippen molar-refractivity contribution in [3.8, 4) is 0 Å². The summed E-state index contributed by atoms with van der Waals surface area (Å²) < 4.78 is 5.40. The van der Waals surface area contributed by atoms with E-state index in [1.54, 1.807) is 6.20 Å². The van der Waals surface area contributed by atoms with Crippen LogP contribution < -0.4 is 16.4 Å². The van der Waals surface area contributed by atoms with Crippen molar-refractivity contribution >= 4 is 17.2 Å². The molecule has 1 saturated carbocycles. The van der Waals surface area contributed by atoms with E-state index in [4.69, 9.17) is 10.5 Å². The molecule has 0 aromatic carbocycles. The minimum absolute atomic E-state index is 0.324. The number of ether oxygens (including phenoxy) is 1. The van der Waals surface area contributed by atoms with Crippen LogP contribution in [0.2, 0.25) is 0 Å². The molecule has 2 fully saturated rings. The van der Waals surface area contributed by atoms with Crippen molar-refractivity contribution in [3.63, 3.8) is 0 Å². The average Bonchev–Trinajstić information content (AvgIpc) is 3.03. The highest BCUT2D eigenvalue weighted by atomic mass is 16.5. The molecular weight excluding hydrogens is 304 g/mol. The zero-order valence-corrected chi connectivity index (χ0v) is 14.7. The lowest BCUT2D eigenvalue weighted by Crippen LogP contribution is -2.37. The van der Waals surface area contributed by atoms with Gasteiger partial charge < -0.3 is 26.2 Å². The second-order valence-corrected chi connectivity index (χ2v) is 7.71. The number of nitrogens with zero attached hydrogens (tertiary/aromatic N) is 1. The van der Waals surface area contributed by atoms with E-state index in [1.165, 1.54) is 0 Å². The quantitative estimate of drug-likeness (QED) is 0.661. The highest BCUT2D eigenvalue weighted by Crippen LogP contribution is 2.34. The molecule has 1 aliphatic heterocycles. The minimum atomic E-state index is -0.579. The number of hydrogen-bond donors (Lipinski definition) is 4. The molecule has 1 aromatic heterocycles. The van der Waals surface area contributed by atoms with Crippen molar-refractivity contribution in [1.82, 2.24) is 4.98 Å². The Morgan fingerprint density at radius 3 is 2.54 bits per heavy atom. The van der Waals surface area contributed by atoms with E-state index in [2.05, 4.69) is 15.6 Å². The number of hydrogen-bond acceptors (Lipinski definition) is 6. The van der Waals surface area contributed by atoms with Crippen LogP contribution in [-0.4, -0.2) is 41.0 Å². The van der Waals surface area contributed by atoms with Gasteiger partial charge in [-0.1, -0.05) is 0 Å². The highest BCUT2D eigenvalue weighted by Gasteiger charge is 2.31. The third-order valence-corrected chi connectivity index (χ3v) is 5.30. The molecule has 5 N–H and O–H groups in total. The number of aromatic nitrogens is 1. The van der Waals surface area contributed by atoms with E-state index in [9.17, 15) is 5.11 Å².